The number of likely N-dealkylation sites (tertiary alicyclic amines) is 1. The zero-order valence-electron chi connectivity index (χ0n) is 16.2. The van der Waals surface area contributed by atoms with Gasteiger partial charge in [0.1, 0.15) is 5.69 Å². The molecule has 0 bridgehead atoms. The number of carbonyl (C=O) groups is 1. The molecule has 0 atom stereocenters. The molecular formula is C20H29BrN4O2. The number of hydrogen-bond donors (Lipinski definition) is 0. The van der Waals surface area contributed by atoms with E-state index in [9.17, 15) is 4.79 Å². The van der Waals surface area contributed by atoms with E-state index in [2.05, 4.69) is 14.9 Å². The Morgan fingerprint density at radius 1 is 1.15 bits per heavy atom. The topological polar surface area (TPSA) is 58.6 Å². The minimum Gasteiger partial charge on any atom is -0.480 e. The number of ether oxygens (including phenoxy) is 1. The van der Waals surface area contributed by atoms with Crippen molar-refractivity contribution in [2.75, 3.05) is 40.3 Å². The van der Waals surface area contributed by atoms with Crippen molar-refractivity contribution >= 4 is 33.9 Å². The van der Waals surface area contributed by atoms with Gasteiger partial charge in [0, 0.05) is 33.0 Å². The van der Waals surface area contributed by atoms with Gasteiger partial charge in [0.05, 0.1) is 18.1 Å². The summed E-state index contributed by atoms with van der Waals surface area (Å²) in [5.41, 5.74) is 2.37. The molecule has 2 heterocycles. The van der Waals surface area contributed by atoms with E-state index in [1.54, 1.807) is 7.11 Å². The van der Waals surface area contributed by atoms with Gasteiger partial charge in [-0.25, -0.2) is 9.97 Å². The van der Waals surface area contributed by atoms with Crippen LogP contribution in [0.1, 0.15) is 31.4 Å². The van der Waals surface area contributed by atoms with Crippen molar-refractivity contribution in [2.45, 2.75) is 32.1 Å². The first-order valence-corrected chi connectivity index (χ1v) is 9.43. The van der Waals surface area contributed by atoms with E-state index >= 15 is 0 Å². The predicted molar refractivity (Wildman–Crippen MR) is 113 cm³/mol. The molecular weight excluding hydrogens is 408 g/mol. The highest BCUT2D eigenvalue weighted by Gasteiger charge is 2.16. The average molecular weight is 437 g/mol. The maximum Gasteiger partial charge on any atom is 0.235 e. The Hall–Kier alpha value is -1.73. The Bertz CT molecular complexity index is 750. The molecule has 0 saturated carbocycles. The monoisotopic (exact) mass is 436 g/mol. The van der Waals surface area contributed by atoms with Crippen LogP contribution in [-0.2, 0) is 11.2 Å². The summed E-state index contributed by atoms with van der Waals surface area (Å²) in [5, 5.41) is 0. The molecule has 27 heavy (non-hydrogen) atoms. The van der Waals surface area contributed by atoms with Crippen LogP contribution in [0.3, 0.4) is 0 Å². The van der Waals surface area contributed by atoms with Crippen LogP contribution in [-0.4, -0.2) is 66.0 Å². The van der Waals surface area contributed by atoms with E-state index in [1.165, 1.54) is 19.3 Å². The molecule has 1 aromatic heterocycles. The van der Waals surface area contributed by atoms with Crippen LogP contribution < -0.4 is 4.74 Å². The molecule has 3 rings (SSSR count). The van der Waals surface area contributed by atoms with Crippen LogP contribution in [0.25, 0.3) is 11.0 Å². The van der Waals surface area contributed by atoms with Crippen LogP contribution in [0.2, 0.25) is 0 Å². The number of amides is 1. The summed E-state index contributed by atoms with van der Waals surface area (Å²) in [4.78, 5) is 25.9. The molecule has 0 aliphatic carbocycles. The van der Waals surface area contributed by atoms with Gasteiger partial charge in [0.15, 0.2) is 0 Å². The molecule has 1 aliphatic rings. The molecule has 2 aromatic rings. The third kappa shape index (κ3) is 5.87. The molecule has 6 nitrogen and oxygen atoms in total. The number of likely N-dealkylation sites (N-methyl/N-ethyl adjacent to an activating group) is 1. The Balaban J connectivity index is 0.00000261. The Kier molecular flexibility index (Phi) is 8.44. The third-order valence-corrected chi connectivity index (χ3v) is 5.00. The van der Waals surface area contributed by atoms with Gasteiger partial charge < -0.3 is 14.5 Å². The van der Waals surface area contributed by atoms with Gasteiger partial charge >= 0.3 is 0 Å². The zero-order valence-corrected chi connectivity index (χ0v) is 17.9. The van der Waals surface area contributed by atoms with Crippen LogP contribution in [0.4, 0.5) is 0 Å². The summed E-state index contributed by atoms with van der Waals surface area (Å²) in [7, 11) is 3.48. The number of aromatic nitrogens is 2. The van der Waals surface area contributed by atoms with E-state index in [4.69, 9.17) is 4.74 Å². The lowest BCUT2D eigenvalue weighted by Crippen LogP contribution is -2.38. The van der Waals surface area contributed by atoms with Gasteiger partial charge in [-0.15, -0.1) is 17.0 Å². The highest BCUT2D eigenvalue weighted by Crippen LogP contribution is 2.20. The zero-order chi connectivity index (χ0) is 18.4. The fraction of sp³-hybridized carbons (Fsp3) is 0.550. The summed E-state index contributed by atoms with van der Waals surface area (Å²) in [6.45, 7) is 4.05. The lowest BCUT2D eigenvalue weighted by molar-refractivity contribution is -0.130. The minimum atomic E-state index is 0. The van der Waals surface area contributed by atoms with E-state index in [0.29, 0.717) is 18.7 Å². The first kappa shape index (κ1) is 21.6. The second-order valence-corrected chi connectivity index (χ2v) is 6.89. The van der Waals surface area contributed by atoms with Crippen molar-refractivity contribution in [3.05, 3.63) is 30.0 Å². The Morgan fingerprint density at radius 2 is 1.81 bits per heavy atom. The number of hydrogen-bond acceptors (Lipinski definition) is 5. The first-order chi connectivity index (χ1) is 12.7. The van der Waals surface area contributed by atoms with Crippen LogP contribution >= 0.6 is 17.0 Å². The van der Waals surface area contributed by atoms with Gasteiger partial charge in [-0.05, 0) is 38.1 Å². The van der Waals surface area contributed by atoms with Crippen LogP contribution in [0.15, 0.2) is 24.3 Å². The summed E-state index contributed by atoms with van der Waals surface area (Å²) in [6, 6.07) is 7.70. The lowest BCUT2D eigenvalue weighted by Gasteiger charge is -2.28. The average Bonchev–Trinajstić information content (AvgIpc) is 2.70. The molecule has 7 heteroatoms. The first-order valence-electron chi connectivity index (χ1n) is 9.43. The number of methoxy groups -OCH3 is 1. The maximum absolute atomic E-state index is 12.5. The maximum atomic E-state index is 12.5. The number of piperidine rings is 1. The Labute approximate surface area is 171 Å². The van der Waals surface area contributed by atoms with Gasteiger partial charge in [-0.1, -0.05) is 18.6 Å². The van der Waals surface area contributed by atoms with Crippen molar-refractivity contribution in [1.29, 1.82) is 0 Å². The SMILES string of the molecule is Br.COc1nc2ccccc2nc1CCC(=O)N(C)CCN1CCCCC1. The quantitative estimate of drug-likeness (QED) is 0.667. The summed E-state index contributed by atoms with van der Waals surface area (Å²) in [6.07, 6.45) is 4.84. The van der Waals surface area contributed by atoms with Crippen molar-refractivity contribution in [1.82, 2.24) is 19.8 Å². The molecule has 1 aromatic carbocycles. The minimum absolute atomic E-state index is 0. The number of halogens is 1. The molecule has 0 spiro atoms. The standard InChI is InChI=1S/C20H28N4O2.BrH/c1-23(14-15-24-12-6-3-7-13-24)19(25)11-10-18-20(26-2)22-17-9-5-4-8-16(17)21-18;/h4-5,8-9H,3,6-7,10-15H2,1-2H3;1H. The summed E-state index contributed by atoms with van der Waals surface area (Å²) < 4.78 is 5.37. The largest absolute Gasteiger partial charge is 0.480 e. The van der Waals surface area contributed by atoms with Crippen molar-refractivity contribution < 1.29 is 9.53 Å². The van der Waals surface area contributed by atoms with Crippen LogP contribution in [0.5, 0.6) is 5.88 Å². The molecule has 0 N–H and O–H groups in total. The molecule has 1 amide bonds. The molecule has 148 valence electrons. The number of fused-ring (bicyclic) bond motifs is 1. The second-order valence-electron chi connectivity index (χ2n) is 6.89. The van der Waals surface area contributed by atoms with Crippen LogP contribution in [0, 0.1) is 0 Å². The molecule has 1 aliphatic heterocycles. The van der Waals surface area contributed by atoms with E-state index in [-0.39, 0.29) is 22.9 Å². The van der Waals surface area contributed by atoms with Gasteiger partial charge in [0.25, 0.3) is 0 Å². The van der Waals surface area contributed by atoms with Crippen molar-refractivity contribution in [3.63, 3.8) is 0 Å². The summed E-state index contributed by atoms with van der Waals surface area (Å²) in [5.74, 6) is 0.645. The van der Waals surface area contributed by atoms with Crippen molar-refractivity contribution in [3.8, 4) is 5.88 Å². The number of rotatable bonds is 7. The van der Waals surface area contributed by atoms with Crippen molar-refractivity contribution in [2.24, 2.45) is 0 Å². The highest BCUT2D eigenvalue weighted by molar-refractivity contribution is 8.93. The number of benzene rings is 1. The van der Waals surface area contributed by atoms with Gasteiger partial charge in [0.2, 0.25) is 11.8 Å². The van der Waals surface area contributed by atoms with E-state index in [1.807, 2.05) is 36.2 Å². The normalized spacial score (nSPS) is 14.6. The molecule has 0 unspecified atom stereocenters. The fourth-order valence-corrected chi connectivity index (χ4v) is 3.36. The van der Waals surface area contributed by atoms with Gasteiger partial charge in [-0.3, -0.25) is 4.79 Å². The lowest BCUT2D eigenvalue weighted by atomic mass is 10.1. The number of nitrogens with zero attached hydrogens (tertiary/aromatic N) is 4. The van der Waals surface area contributed by atoms with E-state index < -0.39 is 0 Å². The fourth-order valence-electron chi connectivity index (χ4n) is 3.36. The smallest absolute Gasteiger partial charge is 0.235 e. The predicted octanol–water partition coefficient (Wildman–Crippen LogP) is 3.09. The summed E-state index contributed by atoms with van der Waals surface area (Å²) >= 11 is 0. The third-order valence-electron chi connectivity index (χ3n) is 5.00. The van der Waals surface area contributed by atoms with Gasteiger partial charge in [-0.2, -0.15) is 0 Å². The number of carbonyl (C=O) groups excluding carboxylic acids is 1. The second kappa shape index (κ2) is 10.6. The highest BCUT2D eigenvalue weighted by atomic mass is 79.9. The molecule has 1 fully saturated rings. The Morgan fingerprint density at radius 3 is 2.48 bits per heavy atom. The number of para-hydroxylation sites is 2. The molecule has 0 radical (unpaired) electrons. The van der Waals surface area contributed by atoms with E-state index in [0.717, 1.165) is 42.9 Å². The molecule has 1 saturated heterocycles. The number of aryl methyl sites for hydroxylation is 1.